The van der Waals surface area contributed by atoms with Gasteiger partial charge in [0.25, 0.3) is 5.91 Å². The zero-order chi connectivity index (χ0) is 16.2. The Bertz CT molecular complexity index is 841. The summed E-state index contributed by atoms with van der Waals surface area (Å²) in [5.74, 6) is 0.604. The normalized spacial score (nSPS) is 10.7. The second-order valence-corrected chi connectivity index (χ2v) is 5.16. The van der Waals surface area contributed by atoms with E-state index in [0.717, 1.165) is 17.0 Å². The maximum atomic E-state index is 12.4. The third-order valence-corrected chi connectivity index (χ3v) is 3.42. The number of nitrogens with zero attached hydrogens (tertiary/aromatic N) is 3. The van der Waals surface area contributed by atoms with Crippen LogP contribution in [0.25, 0.3) is 5.65 Å². The number of rotatable bonds is 5. The van der Waals surface area contributed by atoms with Crippen LogP contribution < -0.4 is 10.1 Å². The van der Waals surface area contributed by atoms with Crippen LogP contribution >= 0.6 is 0 Å². The first kappa shape index (κ1) is 15.0. The number of hydrogen-bond donors (Lipinski definition) is 1. The molecule has 0 aliphatic rings. The van der Waals surface area contributed by atoms with Crippen LogP contribution in [-0.2, 0) is 6.54 Å². The van der Waals surface area contributed by atoms with Crippen LogP contribution in [0.2, 0.25) is 0 Å². The van der Waals surface area contributed by atoms with Crippen molar-refractivity contribution in [2.75, 3.05) is 6.61 Å². The number of carbonyl (C=O) groups is 1. The van der Waals surface area contributed by atoms with E-state index in [1.54, 1.807) is 10.7 Å². The predicted molar refractivity (Wildman–Crippen MR) is 86.5 cm³/mol. The zero-order valence-corrected chi connectivity index (χ0v) is 13.1. The van der Waals surface area contributed by atoms with Gasteiger partial charge < -0.3 is 10.1 Å². The number of hydrogen-bond acceptors (Lipinski definition) is 4. The van der Waals surface area contributed by atoms with Gasteiger partial charge in [0.1, 0.15) is 11.3 Å². The number of carbonyl (C=O) groups excluding carboxylic acids is 1. The molecular formula is C17H18N4O2. The van der Waals surface area contributed by atoms with Crippen LogP contribution in [0.1, 0.15) is 28.5 Å². The van der Waals surface area contributed by atoms with Gasteiger partial charge in [-0.25, -0.2) is 9.50 Å². The van der Waals surface area contributed by atoms with Crippen molar-refractivity contribution in [2.45, 2.75) is 20.4 Å². The van der Waals surface area contributed by atoms with Gasteiger partial charge in [-0.05, 0) is 37.6 Å². The Balaban J connectivity index is 1.73. The van der Waals surface area contributed by atoms with Gasteiger partial charge in [-0.1, -0.05) is 12.1 Å². The molecule has 118 valence electrons. The SMILES string of the molecule is CCOc1cccc(CNC(=O)c2cnn3ccc(C)nc23)c1. The summed E-state index contributed by atoms with van der Waals surface area (Å²) in [5, 5.41) is 7.04. The van der Waals surface area contributed by atoms with Crippen LogP contribution in [0.3, 0.4) is 0 Å². The molecule has 1 N–H and O–H groups in total. The van der Waals surface area contributed by atoms with Gasteiger partial charge in [-0.2, -0.15) is 5.10 Å². The second-order valence-electron chi connectivity index (χ2n) is 5.16. The number of amides is 1. The highest BCUT2D eigenvalue weighted by molar-refractivity contribution is 5.99. The maximum absolute atomic E-state index is 12.4. The molecule has 0 radical (unpaired) electrons. The first-order valence-corrected chi connectivity index (χ1v) is 7.48. The number of fused-ring (bicyclic) bond motifs is 1. The molecule has 3 aromatic rings. The fourth-order valence-corrected chi connectivity index (χ4v) is 2.31. The van der Waals surface area contributed by atoms with Crippen LogP contribution in [0.5, 0.6) is 5.75 Å². The van der Waals surface area contributed by atoms with Crippen LogP contribution in [0.15, 0.2) is 42.7 Å². The van der Waals surface area contributed by atoms with Gasteiger partial charge in [0, 0.05) is 18.4 Å². The summed E-state index contributed by atoms with van der Waals surface area (Å²) in [5.41, 5.74) is 2.85. The lowest BCUT2D eigenvalue weighted by Crippen LogP contribution is -2.22. The van der Waals surface area contributed by atoms with Crippen LogP contribution in [0.4, 0.5) is 0 Å². The molecule has 0 saturated carbocycles. The molecule has 2 aromatic heterocycles. The molecule has 0 saturated heterocycles. The summed E-state index contributed by atoms with van der Waals surface area (Å²) >= 11 is 0. The highest BCUT2D eigenvalue weighted by Gasteiger charge is 2.13. The Kier molecular flexibility index (Phi) is 4.23. The molecule has 0 aliphatic carbocycles. The lowest BCUT2D eigenvalue weighted by Gasteiger charge is -2.07. The van der Waals surface area contributed by atoms with Gasteiger partial charge in [-0.3, -0.25) is 4.79 Å². The van der Waals surface area contributed by atoms with Crippen molar-refractivity contribution in [2.24, 2.45) is 0 Å². The van der Waals surface area contributed by atoms with E-state index in [-0.39, 0.29) is 5.91 Å². The molecule has 0 spiro atoms. The van der Waals surface area contributed by atoms with E-state index >= 15 is 0 Å². The molecular weight excluding hydrogens is 292 g/mol. The van der Waals surface area contributed by atoms with Gasteiger partial charge in [0.2, 0.25) is 0 Å². The molecule has 0 atom stereocenters. The summed E-state index contributed by atoms with van der Waals surface area (Å²) in [6.07, 6.45) is 3.33. The Labute approximate surface area is 134 Å². The molecule has 1 amide bonds. The minimum atomic E-state index is -0.195. The molecule has 1 aromatic carbocycles. The fraction of sp³-hybridized carbons (Fsp3) is 0.235. The molecule has 6 nitrogen and oxygen atoms in total. The van der Waals surface area contributed by atoms with Crippen molar-refractivity contribution in [1.82, 2.24) is 19.9 Å². The van der Waals surface area contributed by atoms with Crippen molar-refractivity contribution in [1.29, 1.82) is 0 Å². The minimum Gasteiger partial charge on any atom is -0.494 e. The molecule has 3 rings (SSSR count). The van der Waals surface area contributed by atoms with Crippen LogP contribution in [-0.4, -0.2) is 27.1 Å². The average Bonchev–Trinajstić information content (AvgIpc) is 2.96. The molecule has 23 heavy (non-hydrogen) atoms. The highest BCUT2D eigenvalue weighted by atomic mass is 16.5. The lowest BCUT2D eigenvalue weighted by molar-refractivity contribution is 0.0952. The van der Waals surface area contributed by atoms with Crippen molar-refractivity contribution in [3.8, 4) is 5.75 Å². The van der Waals surface area contributed by atoms with E-state index < -0.39 is 0 Å². The Morgan fingerprint density at radius 3 is 3.04 bits per heavy atom. The number of ether oxygens (including phenoxy) is 1. The summed E-state index contributed by atoms with van der Waals surface area (Å²) in [7, 11) is 0. The topological polar surface area (TPSA) is 68.5 Å². The monoisotopic (exact) mass is 310 g/mol. The van der Waals surface area contributed by atoms with Gasteiger partial charge >= 0.3 is 0 Å². The standard InChI is InChI=1S/C17H18N4O2/c1-3-23-14-6-4-5-13(9-14)10-18-17(22)15-11-19-21-8-7-12(2)20-16(15)21/h4-9,11H,3,10H2,1-2H3,(H,18,22). The Hall–Kier alpha value is -2.89. The van der Waals surface area contributed by atoms with E-state index in [2.05, 4.69) is 15.4 Å². The second kappa shape index (κ2) is 6.48. The van der Waals surface area contributed by atoms with Crippen molar-refractivity contribution in [3.05, 3.63) is 59.5 Å². The molecule has 6 heteroatoms. The van der Waals surface area contributed by atoms with Crippen molar-refractivity contribution < 1.29 is 9.53 Å². The zero-order valence-electron chi connectivity index (χ0n) is 13.1. The molecule has 0 unspecified atom stereocenters. The number of aromatic nitrogens is 3. The average molecular weight is 310 g/mol. The molecule has 0 aliphatic heterocycles. The first-order valence-electron chi connectivity index (χ1n) is 7.48. The number of benzene rings is 1. The summed E-state index contributed by atoms with van der Waals surface area (Å²) in [6, 6.07) is 9.52. The van der Waals surface area contributed by atoms with E-state index in [0.29, 0.717) is 24.4 Å². The minimum absolute atomic E-state index is 0.195. The molecule has 2 heterocycles. The largest absolute Gasteiger partial charge is 0.494 e. The molecule has 0 bridgehead atoms. The predicted octanol–water partition coefficient (Wildman–Crippen LogP) is 2.37. The Morgan fingerprint density at radius 1 is 1.35 bits per heavy atom. The van der Waals surface area contributed by atoms with Crippen LogP contribution in [0, 0.1) is 6.92 Å². The lowest BCUT2D eigenvalue weighted by atomic mass is 10.2. The first-order chi connectivity index (χ1) is 11.2. The number of aryl methyl sites for hydroxylation is 1. The van der Waals surface area contributed by atoms with Gasteiger partial charge in [0.05, 0.1) is 12.8 Å². The fourth-order valence-electron chi connectivity index (χ4n) is 2.31. The third-order valence-electron chi connectivity index (χ3n) is 3.42. The van der Waals surface area contributed by atoms with Gasteiger partial charge in [-0.15, -0.1) is 0 Å². The molecule has 0 fully saturated rings. The maximum Gasteiger partial charge on any atom is 0.257 e. The number of nitrogens with one attached hydrogen (secondary N) is 1. The van der Waals surface area contributed by atoms with Crippen molar-refractivity contribution in [3.63, 3.8) is 0 Å². The van der Waals surface area contributed by atoms with E-state index in [1.165, 1.54) is 6.20 Å². The van der Waals surface area contributed by atoms with Crippen molar-refractivity contribution >= 4 is 11.6 Å². The third kappa shape index (κ3) is 3.31. The summed E-state index contributed by atoms with van der Waals surface area (Å²) in [6.45, 7) is 4.86. The van der Waals surface area contributed by atoms with E-state index in [4.69, 9.17) is 4.74 Å². The Morgan fingerprint density at radius 2 is 2.22 bits per heavy atom. The highest BCUT2D eigenvalue weighted by Crippen LogP contribution is 2.14. The summed E-state index contributed by atoms with van der Waals surface area (Å²) in [4.78, 5) is 16.7. The van der Waals surface area contributed by atoms with Gasteiger partial charge in [0.15, 0.2) is 5.65 Å². The smallest absolute Gasteiger partial charge is 0.257 e. The van der Waals surface area contributed by atoms with E-state index in [9.17, 15) is 4.79 Å². The van der Waals surface area contributed by atoms with E-state index in [1.807, 2.05) is 44.2 Å². The quantitative estimate of drug-likeness (QED) is 0.785. The summed E-state index contributed by atoms with van der Waals surface area (Å²) < 4.78 is 7.06.